The maximum Gasteiger partial charge on any atom is 0.185 e. The van der Waals surface area contributed by atoms with E-state index in [1.807, 2.05) is 12.1 Å². The molecule has 2 aromatic rings. The molecular formula is C16H12Br2Cl4O2S3. The maximum absolute atomic E-state index is 12.6. The van der Waals surface area contributed by atoms with Gasteiger partial charge >= 0.3 is 0 Å². The van der Waals surface area contributed by atoms with E-state index in [0.717, 1.165) is 18.7 Å². The molecule has 0 radical (unpaired) electrons. The van der Waals surface area contributed by atoms with Crippen molar-refractivity contribution in [2.24, 2.45) is 0 Å². The van der Waals surface area contributed by atoms with E-state index in [4.69, 9.17) is 46.4 Å². The van der Waals surface area contributed by atoms with Gasteiger partial charge in [-0.05, 0) is 36.4 Å². The highest BCUT2D eigenvalue weighted by Gasteiger charge is 2.32. The third-order valence-electron chi connectivity index (χ3n) is 3.24. The first-order valence-electron chi connectivity index (χ1n) is 7.28. The fraction of sp³-hybridized carbons (Fsp3) is 0.250. The predicted molar refractivity (Wildman–Crippen MR) is 128 cm³/mol. The molecule has 0 aromatic heterocycles. The summed E-state index contributed by atoms with van der Waals surface area (Å²) in [6.45, 7) is 0. The second kappa shape index (κ2) is 11.0. The van der Waals surface area contributed by atoms with E-state index in [2.05, 4.69) is 31.9 Å². The van der Waals surface area contributed by atoms with Crippen molar-refractivity contribution in [3.63, 3.8) is 0 Å². The Hall–Kier alpha value is 1.21. The van der Waals surface area contributed by atoms with Crippen molar-refractivity contribution >= 4 is 112 Å². The molecule has 0 aliphatic heterocycles. The quantitative estimate of drug-likeness (QED) is 0.218. The highest BCUT2D eigenvalue weighted by Crippen LogP contribution is 2.35. The Morgan fingerprint density at radius 1 is 0.815 bits per heavy atom. The van der Waals surface area contributed by atoms with E-state index in [9.17, 15) is 8.42 Å². The van der Waals surface area contributed by atoms with Gasteiger partial charge in [-0.2, -0.15) is 0 Å². The molecule has 0 aliphatic rings. The number of sulfone groups is 1. The molecule has 148 valence electrons. The van der Waals surface area contributed by atoms with E-state index >= 15 is 0 Å². The van der Waals surface area contributed by atoms with Crippen LogP contribution in [0.4, 0.5) is 0 Å². The molecule has 0 N–H and O–H groups in total. The summed E-state index contributed by atoms with van der Waals surface area (Å²) in [5.41, 5.74) is 0. The summed E-state index contributed by atoms with van der Waals surface area (Å²) in [4.78, 5) is 1.51. The van der Waals surface area contributed by atoms with Crippen LogP contribution in [0.25, 0.3) is 0 Å². The van der Waals surface area contributed by atoms with Crippen LogP contribution in [0.3, 0.4) is 0 Å². The number of thioether (sulfide) groups is 2. The summed E-state index contributed by atoms with van der Waals surface area (Å²) in [6, 6.07) is 10.7. The molecule has 0 aliphatic carbocycles. The van der Waals surface area contributed by atoms with Crippen LogP contribution >= 0.6 is 102 Å². The summed E-state index contributed by atoms with van der Waals surface area (Å²) in [5.74, 6) is 0.274. The van der Waals surface area contributed by atoms with Gasteiger partial charge in [-0.15, -0.1) is 46.7 Å². The minimum Gasteiger partial charge on any atom is -0.226 e. The monoisotopic (exact) mass is 630 g/mol. The average Bonchev–Trinajstić information content (AvgIpc) is 2.59. The topological polar surface area (TPSA) is 34.1 Å². The molecule has 0 spiro atoms. The molecule has 0 saturated heterocycles. The van der Waals surface area contributed by atoms with Crippen molar-refractivity contribution in [1.29, 1.82) is 0 Å². The molecule has 0 saturated carbocycles. The van der Waals surface area contributed by atoms with Gasteiger partial charge in [-0.25, -0.2) is 8.42 Å². The molecular weight excluding hydrogens is 622 g/mol. The van der Waals surface area contributed by atoms with E-state index in [1.165, 1.54) is 23.5 Å². The molecule has 2 rings (SSSR count). The van der Waals surface area contributed by atoms with Crippen molar-refractivity contribution in [1.82, 2.24) is 0 Å². The lowest BCUT2D eigenvalue weighted by atomic mass is 10.4. The summed E-state index contributed by atoms with van der Waals surface area (Å²) in [5, 5.41) is 1.05. The zero-order valence-electron chi connectivity index (χ0n) is 13.3. The number of halogens is 6. The van der Waals surface area contributed by atoms with Gasteiger partial charge in [0.15, 0.2) is 9.84 Å². The summed E-state index contributed by atoms with van der Waals surface area (Å²) < 4.78 is 24.6. The van der Waals surface area contributed by atoms with E-state index in [0.29, 0.717) is 10.0 Å². The van der Waals surface area contributed by atoms with E-state index in [1.54, 1.807) is 24.3 Å². The lowest BCUT2D eigenvalue weighted by Gasteiger charge is -2.16. The number of rotatable bonds is 8. The SMILES string of the molecule is O=S(=O)(C(Cl)CSc1ccc(Br)cc1Cl)C(Cl)CSc1ccc(Br)cc1Cl. The summed E-state index contributed by atoms with van der Waals surface area (Å²) in [6.07, 6.45) is 0. The number of hydrogen-bond donors (Lipinski definition) is 0. The normalized spacial score (nSPS) is 14.1. The Labute approximate surface area is 204 Å². The second-order valence-corrected chi connectivity index (χ2v) is 13.8. The minimum absolute atomic E-state index is 0.137. The van der Waals surface area contributed by atoms with Crippen LogP contribution in [0.5, 0.6) is 0 Å². The van der Waals surface area contributed by atoms with Gasteiger partial charge in [0.25, 0.3) is 0 Å². The number of alkyl halides is 2. The lowest BCUT2D eigenvalue weighted by molar-refractivity contribution is 0.593. The summed E-state index contributed by atoms with van der Waals surface area (Å²) in [7, 11) is -3.74. The highest BCUT2D eigenvalue weighted by molar-refractivity contribution is 9.10. The Morgan fingerprint density at radius 2 is 1.19 bits per heavy atom. The Kier molecular flexibility index (Phi) is 9.98. The van der Waals surface area contributed by atoms with Gasteiger partial charge < -0.3 is 0 Å². The summed E-state index contributed by atoms with van der Waals surface area (Å²) >= 11 is 33.8. The van der Waals surface area contributed by atoms with Crippen molar-refractivity contribution in [3.05, 3.63) is 55.4 Å². The fourth-order valence-corrected chi connectivity index (χ4v) is 8.39. The lowest BCUT2D eigenvalue weighted by Crippen LogP contribution is -2.28. The third kappa shape index (κ3) is 7.14. The van der Waals surface area contributed by atoms with Gasteiger partial charge in [-0.3, -0.25) is 0 Å². The molecule has 0 bridgehead atoms. The van der Waals surface area contributed by atoms with E-state index < -0.39 is 19.3 Å². The van der Waals surface area contributed by atoms with Crippen LogP contribution in [0.1, 0.15) is 0 Å². The largest absolute Gasteiger partial charge is 0.226 e. The zero-order chi connectivity index (χ0) is 20.2. The fourth-order valence-electron chi connectivity index (χ4n) is 1.85. The van der Waals surface area contributed by atoms with Gasteiger partial charge in [0.2, 0.25) is 0 Å². The average molecular weight is 634 g/mol. The highest BCUT2D eigenvalue weighted by atomic mass is 79.9. The molecule has 11 heteroatoms. The van der Waals surface area contributed by atoms with Gasteiger partial charge in [0.1, 0.15) is 9.42 Å². The molecule has 0 amide bonds. The van der Waals surface area contributed by atoms with Gasteiger partial charge in [0.05, 0.1) is 10.0 Å². The second-order valence-electron chi connectivity index (χ2n) is 5.18. The van der Waals surface area contributed by atoms with Gasteiger partial charge in [-0.1, -0.05) is 55.1 Å². The first-order chi connectivity index (χ1) is 12.6. The van der Waals surface area contributed by atoms with Crippen LogP contribution in [-0.4, -0.2) is 29.3 Å². The van der Waals surface area contributed by atoms with Crippen molar-refractivity contribution in [3.8, 4) is 0 Å². The Morgan fingerprint density at radius 3 is 1.52 bits per heavy atom. The molecule has 0 fully saturated rings. The number of benzene rings is 2. The molecule has 2 atom stereocenters. The van der Waals surface area contributed by atoms with Crippen molar-refractivity contribution in [2.75, 3.05) is 11.5 Å². The number of hydrogen-bond acceptors (Lipinski definition) is 4. The maximum atomic E-state index is 12.6. The first-order valence-corrected chi connectivity index (χ1v) is 14.1. The minimum atomic E-state index is -3.74. The molecule has 27 heavy (non-hydrogen) atoms. The first kappa shape index (κ1) is 24.5. The van der Waals surface area contributed by atoms with E-state index in [-0.39, 0.29) is 11.5 Å². The predicted octanol–water partition coefficient (Wildman–Crippen LogP) is 7.95. The van der Waals surface area contributed by atoms with Crippen molar-refractivity contribution < 1.29 is 8.42 Å². The Bertz CT molecular complexity index is 845. The molecule has 2 aromatic carbocycles. The molecule has 2 unspecified atom stereocenters. The molecule has 2 nitrogen and oxygen atoms in total. The van der Waals surface area contributed by atoms with Crippen LogP contribution in [-0.2, 0) is 9.84 Å². The van der Waals surface area contributed by atoms with Crippen molar-refractivity contribution in [2.45, 2.75) is 19.2 Å². The van der Waals surface area contributed by atoms with Crippen LogP contribution < -0.4 is 0 Å². The molecule has 0 heterocycles. The standard InChI is InChI=1S/C16H12Br2Cl4O2S3/c17-9-1-3-13(11(19)5-9)25-7-15(21)27(23,24)16(22)8-26-14-4-2-10(18)6-12(14)20/h1-6,15-16H,7-8H2. The van der Waals surface area contributed by atoms with Crippen LogP contribution in [0.15, 0.2) is 55.1 Å². The smallest absolute Gasteiger partial charge is 0.185 e. The third-order valence-corrected chi connectivity index (χ3v) is 11.8. The van der Waals surface area contributed by atoms with Crippen LogP contribution in [0, 0.1) is 0 Å². The van der Waals surface area contributed by atoms with Gasteiger partial charge in [0, 0.05) is 30.2 Å². The van der Waals surface area contributed by atoms with Crippen LogP contribution in [0.2, 0.25) is 10.0 Å². The zero-order valence-corrected chi connectivity index (χ0v) is 22.0. The Balaban J connectivity index is 1.96.